The molecule has 2 bridgehead atoms. The maximum Gasteiger partial charge on any atom is 0.319 e. The van der Waals surface area contributed by atoms with E-state index in [1.807, 2.05) is 48.1 Å². The van der Waals surface area contributed by atoms with Crippen molar-refractivity contribution in [3.63, 3.8) is 0 Å². The van der Waals surface area contributed by atoms with Crippen LogP contribution in [0.15, 0.2) is 90.5 Å². The Labute approximate surface area is 322 Å². The third-order valence-corrected chi connectivity index (χ3v) is 12.3. The molecule has 1 aliphatic carbocycles. The zero-order valence-corrected chi connectivity index (χ0v) is 31.2. The maximum atomic E-state index is 17.2. The van der Waals surface area contributed by atoms with Crippen molar-refractivity contribution in [2.45, 2.75) is 55.0 Å². The molecule has 3 aliphatic rings. The first-order valence-corrected chi connectivity index (χ1v) is 20.2. The first kappa shape index (κ1) is 34.5. The van der Waals surface area contributed by atoms with Crippen molar-refractivity contribution >= 4 is 37.5 Å². The quantitative estimate of drug-likeness (QED) is 0.163. The third kappa shape index (κ3) is 6.37. The molecule has 286 valence electrons. The number of pyridine rings is 1. The Kier molecular flexibility index (Phi) is 8.40. The monoisotopic (exact) mass is 774 g/mol. The van der Waals surface area contributed by atoms with E-state index in [4.69, 9.17) is 19.4 Å². The molecule has 10 rings (SSSR count). The average Bonchev–Trinajstić information content (AvgIpc) is 3.61. The number of anilines is 1. The molecule has 1 saturated carbocycles. The van der Waals surface area contributed by atoms with Crippen molar-refractivity contribution in [1.29, 1.82) is 0 Å². The maximum absolute atomic E-state index is 17.2. The predicted molar refractivity (Wildman–Crippen MR) is 208 cm³/mol. The molecule has 1 N–H and O–H groups in total. The summed E-state index contributed by atoms with van der Waals surface area (Å²) < 4.78 is 59.4. The van der Waals surface area contributed by atoms with Crippen molar-refractivity contribution in [2.24, 2.45) is 7.05 Å². The highest BCUT2D eigenvalue weighted by atomic mass is 32.2. The van der Waals surface area contributed by atoms with Gasteiger partial charge in [-0.2, -0.15) is 18.4 Å². The molecule has 3 fully saturated rings. The molecule has 16 heteroatoms. The number of aryl methyl sites for hydroxylation is 1. The number of piperazine rings is 1. The SMILES string of the molecule is Cn1ccnc1CCOc1nc(N2CC3CCC(C2)N3)c2cnc(-c3cc(Oc4cccc(S(=O)(=O)n5cnc(C6CC6)n5)c4)cc4ccccc34)c(F)c2n1.[HH]. The second-order valence-electron chi connectivity index (χ2n) is 14.6. The molecule has 6 heterocycles. The third-order valence-electron chi connectivity index (χ3n) is 10.7. The van der Waals surface area contributed by atoms with Crippen molar-refractivity contribution in [2.75, 3.05) is 24.6 Å². The standard InChI is InChI=1S/C40H37FN10O4S.H2/c1-49-15-14-42-34(49)13-16-54-40-46-37-33(39(47-40)50-21-26-11-12-27(22-50)45-26)20-43-36(35(37)41)32-19-29(17-25-5-2-3-8-31(25)32)55-28-6-4-7-30(18-28)56(52,53)51-23-44-38(48-51)24-9-10-24;/h2-8,14-15,17-20,23-24,26-27,45H,9-13,16,21-22H2,1H3;1H. The highest BCUT2D eigenvalue weighted by Gasteiger charge is 2.34. The fraction of sp³-hybridized carbons (Fsp3) is 0.300. The molecule has 3 aromatic carbocycles. The lowest BCUT2D eigenvalue weighted by Gasteiger charge is -2.34. The Hall–Kier alpha value is -6.00. The van der Waals surface area contributed by atoms with Crippen LogP contribution in [0.1, 0.15) is 44.7 Å². The van der Waals surface area contributed by atoms with Crippen molar-refractivity contribution in [1.82, 2.24) is 44.0 Å². The lowest BCUT2D eigenvalue weighted by Crippen LogP contribution is -2.51. The summed E-state index contributed by atoms with van der Waals surface area (Å²) in [5, 5.41) is 9.90. The van der Waals surface area contributed by atoms with Crippen LogP contribution in [0, 0.1) is 5.82 Å². The van der Waals surface area contributed by atoms with Gasteiger partial charge >= 0.3 is 6.01 Å². The van der Waals surface area contributed by atoms with Gasteiger partial charge in [-0.05, 0) is 60.7 Å². The smallest absolute Gasteiger partial charge is 0.319 e. The van der Waals surface area contributed by atoms with Gasteiger partial charge in [0.05, 0.1) is 16.9 Å². The van der Waals surface area contributed by atoms with Gasteiger partial charge < -0.3 is 24.3 Å². The molecule has 0 radical (unpaired) electrons. The zero-order chi connectivity index (χ0) is 38.0. The van der Waals surface area contributed by atoms with Crippen LogP contribution in [0.5, 0.6) is 17.5 Å². The Morgan fingerprint density at radius 2 is 1.77 bits per heavy atom. The number of nitrogens with one attached hydrogen (secondary N) is 1. The number of hydrogen-bond donors (Lipinski definition) is 1. The van der Waals surface area contributed by atoms with Crippen LogP contribution in [0.2, 0.25) is 0 Å². The molecule has 56 heavy (non-hydrogen) atoms. The van der Waals surface area contributed by atoms with E-state index in [1.165, 1.54) is 18.5 Å². The van der Waals surface area contributed by atoms with E-state index in [2.05, 4.69) is 30.3 Å². The molecule has 2 atom stereocenters. The van der Waals surface area contributed by atoms with E-state index in [-0.39, 0.29) is 41.8 Å². The van der Waals surface area contributed by atoms with Crippen LogP contribution >= 0.6 is 0 Å². The normalized spacial score (nSPS) is 18.2. The molecular formula is C40H39FN10O4S. The summed E-state index contributed by atoms with van der Waals surface area (Å²) in [5.41, 5.74) is 0.662. The lowest BCUT2D eigenvalue weighted by atomic mass is 10.00. The van der Waals surface area contributed by atoms with E-state index >= 15 is 4.39 Å². The number of hydrogen-bond acceptors (Lipinski definition) is 12. The number of halogens is 1. The molecule has 14 nitrogen and oxygen atoms in total. The Morgan fingerprint density at radius 1 is 0.929 bits per heavy atom. The minimum Gasteiger partial charge on any atom is -0.463 e. The van der Waals surface area contributed by atoms with Crippen LogP contribution in [0.3, 0.4) is 0 Å². The Morgan fingerprint density at radius 3 is 2.57 bits per heavy atom. The number of aromatic nitrogens is 8. The molecular weight excluding hydrogens is 736 g/mol. The van der Waals surface area contributed by atoms with Gasteiger partial charge in [-0.1, -0.05) is 30.3 Å². The summed E-state index contributed by atoms with van der Waals surface area (Å²) in [4.78, 5) is 24.9. The number of ether oxygens (including phenoxy) is 2. The van der Waals surface area contributed by atoms with Crippen molar-refractivity contribution < 1.29 is 23.7 Å². The minimum atomic E-state index is -4.02. The first-order chi connectivity index (χ1) is 27.3. The van der Waals surface area contributed by atoms with Gasteiger partial charge in [0.25, 0.3) is 10.0 Å². The van der Waals surface area contributed by atoms with E-state index in [0.717, 1.165) is 59.5 Å². The molecule has 0 spiro atoms. The van der Waals surface area contributed by atoms with E-state index in [9.17, 15) is 8.42 Å². The van der Waals surface area contributed by atoms with Gasteiger partial charge in [0.1, 0.15) is 40.7 Å². The highest BCUT2D eigenvalue weighted by molar-refractivity contribution is 7.89. The van der Waals surface area contributed by atoms with Gasteiger partial charge in [0, 0.05) is 76.2 Å². The molecule has 7 aromatic rings. The molecule has 2 saturated heterocycles. The number of nitrogens with zero attached hydrogens (tertiary/aromatic N) is 9. The summed E-state index contributed by atoms with van der Waals surface area (Å²) in [6.45, 7) is 1.71. The van der Waals surface area contributed by atoms with Gasteiger partial charge in [-0.25, -0.2) is 14.4 Å². The average molecular weight is 775 g/mol. The van der Waals surface area contributed by atoms with Gasteiger partial charge in [-0.15, -0.1) is 9.19 Å². The molecule has 4 aromatic heterocycles. The second-order valence-corrected chi connectivity index (χ2v) is 16.4. The number of fused-ring (bicyclic) bond motifs is 4. The van der Waals surface area contributed by atoms with Gasteiger partial charge in [0.15, 0.2) is 11.6 Å². The van der Waals surface area contributed by atoms with Crippen LogP contribution in [0.4, 0.5) is 10.2 Å². The van der Waals surface area contributed by atoms with Crippen LogP contribution in [-0.4, -0.2) is 78.9 Å². The Balaban J connectivity index is 0.00000422. The zero-order valence-electron chi connectivity index (χ0n) is 30.4. The van der Waals surface area contributed by atoms with Crippen LogP contribution in [-0.2, 0) is 23.5 Å². The van der Waals surface area contributed by atoms with Crippen molar-refractivity contribution in [3.8, 4) is 28.8 Å². The van der Waals surface area contributed by atoms with Gasteiger partial charge in [-0.3, -0.25) is 4.98 Å². The largest absolute Gasteiger partial charge is 0.463 e. The second kappa shape index (κ2) is 13.6. The van der Waals surface area contributed by atoms with E-state index in [1.54, 1.807) is 30.6 Å². The number of imidazole rings is 1. The lowest BCUT2D eigenvalue weighted by molar-refractivity contribution is 0.293. The van der Waals surface area contributed by atoms with Crippen LogP contribution < -0.4 is 19.7 Å². The Bertz CT molecular complexity index is 2750. The minimum absolute atomic E-state index is 0. The van der Waals surface area contributed by atoms with E-state index < -0.39 is 15.8 Å². The van der Waals surface area contributed by atoms with Crippen molar-refractivity contribution in [3.05, 3.63) is 103 Å². The fourth-order valence-corrected chi connectivity index (χ4v) is 8.84. The van der Waals surface area contributed by atoms with E-state index in [0.29, 0.717) is 46.8 Å². The number of benzene rings is 3. The van der Waals surface area contributed by atoms with Gasteiger partial charge in [0.2, 0.25) is 0 Å². The fourth-order valence-electron chi connectivity index (χ4n) is 7.74. The predicted octanol–water partition coefficient (Wildman–Crippen LogP) is 6.02. The molecule has 2 aliphatic heterocycles. The van der Waals surface area contributed by atoms with Crippen LogP contribution in [0.25, 0.3) is 32.9 Å². The summed E-state index contributed by atoms with van der Waals surface area (Å²) in [6.07, 6.45) is 11.1. The summed E-state index contributed by atoms with van der Waals surface area (Å²) in [7, 11) is -2.10. The summed E-state index contributed by atoms with van der Waals surface area (Å²) >= 11 is 0. The topological polar surface area (TPSA) is 155 Å². The molecule has 0 amide bonds. The first-order valence-electron chi connectivity index (χ1n) is 18.7. The summed E-state index contributed by atoms with van der Waals surface area (Å²) in [5.74, 6) is 2.20. The highest BCUT2D eigenvalue weighted by Crippen LogP contribution is 2.40. The summed E-state index contributed by atoms with van der Waals surface area (Å²) in [6, 6.07) is 18.0. The number of rotatable bonds is 11. The molecule has 2 unspecified atom stereocenters.